The fourth-order valence-electron chi connectivity index (χ4n) is 2.50. The first-order valence-electron chi connectivity index (χ1n) is 8.22. The summed E-state index contributed by atoms with van der Waals surface area (Å²) < 4.78 is 5.19. The molecular formula is C20H20N4OS. The Bertz CT molecular complexity index is 784. The van der Waals surface area contributed by atoms with Gasteiger partial charge in [0.05, 0.1) is 7.11 Å². The molecule has 5 nitrogen and oxygen atoms in total. The van der Waals surface area contributed by atoms with Crippen molar-refractivity contribution in [1.29, 1.82) is 0 Å². The Morgan fingerprint density at radius 2 is 1.54 bits per heavy atom. The molecule has 0 spiro atoms. The summed E-state index contributed by atoms with van der Waals surface area (Å²) >= 11 is 5.66. The third kappa shape index (κ3) is 5.00. The van der Waals surface area contributed by atoms with Crippen LogP contribution in [0.25, 0.3) is 0 Å². The van der Waals surface area contributed by atoms with Gasteiger partial charge in [0.1, 0.15) is 5.75 Å². The monoisotopic (exact) mass is 364 g/mol. The number of thiocarbonyl (C=S) groups is 1. The highest BCUT2D eigenvalue weighted by Crippen LogP contribution is 2.17. The molecule has 0 bridgehead atoms. The number of nitrogens with one attached hydrogen (secondary N) is 1. The van der Waals surface area contributed by atoms with Gasteiger partial charge in [-0.05, 0) is 59.7 Å². The first-order valence-corrected chi connectivity index (χ1v) is 8.63. The molecule has 1 N–H and O–H groups in total. The molecule has 0 atom stereocenters. The van der Waals surface area contributed by atoms with E-state index in [1.54, 1.807) is 19.5 Å². The van der Waals surface area contributed by atoms with Crippen LogP contribution in [0.2, 0.25) is 0 Å². The average Bonchev–Trinajstić information content (AvgIpc) is 2.69. The number of ether oxygens (including phenoxy) is 1. The maximum atomic E-state index is 5.66. The number of methoxy groups -OCH3 is 1. The van der Waals surface area contributed by atoms with E-state index in [1.165, 1.54) is 0 Å². The quantitative estimate of drug-likeness (QED) is 0.670. The van der Waals surface area contributed by atoms with E-state index in [1.807, 2.05) is 60.9 Å². The van der Waals surface area contributed by atoms with E-state index in [2.05, 4.69) is 20.2 Å². The van der Waals surface area contributed by atoms with E-state index in [4.69, 9.17) is 17.0 Å². The summed E-state index contributed by atoms with van der Waals surface area (Å²) in [5, 5.41) is 3.94. The molecule has 0 radical (unpaired) electrons. The smallest absolute Gasteiger partial charge is 0.174 e. The zero-order valence-corrected chi connectivity index (χ0v) is 15.3. The number of aromatic nitrogens is 2. The lowest BCUT2D eigenvalue weighted by atomic mass is 10.2. The first kappa shape index (κ1) is 17.8. The summed E-state index contributed by atoms with van der Waals surface area (Å²) in [7, 11) is 1.65. The SMILES string of the molecule is COc1ccc(NC(=S)N(Cc2cccnc2)Cc2cccnc2)cc1. The molecule has 26 heavy (non-hydrogen) atoms. The molecule has 0 amide bonds. The number of benzene rings is 1. The van der Waals surface area contributed by atoms with Gasteiger partial charge in [0.25, 0.3) is 0 Å². The molecule has 0 fully saturated rings. The van der Waals surface area contributed by atoms with E-state index < -0.39 is 0 Å². The Kier molecular flexibility index (Phi) is 6.11. The second-order valence-electron chi connectivity index (χ2n) is 5.74. The molecule has 0 saturated heterocycles. The summed E-state index contributed by atoms with van der Waals surface area (Å²) in [4.78, 5) is 10.5. The van der Waals surface area contributed by atoms with Crippen LogP contribution in [0.1, 0.15) is 11.1 Å². The van der Waals surface area contributed by atoms with E-state index >= 15 is 0 Å². The van der Waals surface area contributed by atoms with Crippen molar-refractivity contribution in [2.45, 2.75) is 13.1 Å². The Labute approximate surface area is 158 Å². The zero-order valence-electron chi connectivity index (χ0n) is 14.5. The van der Waals surface area contributed by atoms with Crippen molar-refractivity contribution in [2.24, 2.45) is 0 Å². The molecule has 2 heterocycles. The Morgan fingerprint density at radius 3 is 2.00 bits per heavy atom. The van der Waals surface area contributed by atoms with Crippen LogP contribution in [-0.2, 0) is 13.1 Å². The van der Waals surface area contributed by atoms with Gasteiger partial charge in [0, 0.05) is 43.6 Å². The fraction of sp³-hybridized carbons (Fsp3) is 0.150. The van der Waals surface area contributed by atoms with Gasteiger partial charge in [-0.1, -0.05) is 12.1 Å². The normalized spacial score (nSPS) is 10.2. The molecule has 3 rings (SSSR count). The van der Waals surface area contributed by atoms with E-state index in [0.717, 1.165) is 22.6 Å². The van der Waals surface area contributed by atoms with Crippen LogP contribution in [-0.4, -0.2) is 27.1 Å². The lowest BCUT2D eigenvalue weighted by molar-refractivity contribution is 0.411. The number of anilines is 1. The minimum absolute atomic E-state index is 0.642. The summed E-state index contributed by atoms with van der Waals surface area (Å²) in [5.74, 6) is 0.809. The molecule has 132 valence electrons. The molecule has 2 aromatic heterocycles. The molecule has 0 aliphatic rings. The molecule has 3 aromatic rings. The highest BCUT2D eigenvalue weighted by molar-refractivity contribution is 7.80. The van der Waals surface area contributed by atoms with Crippen LogP contribution in [0.3, 0.4) is 0 Å². The molecule has 6 heteroatoms. The van der Waals surface area contributed by atoms with E-state index in [-0.39, 0.29) is 0 Å². The third-order valence-corrected chi connectivity index (χ3v) is 4.18. The predicted octanol–water partition coefficient (Wildman–Crippen LogP) is 3.88. The van der Waals surface area contributed by atoms with Crippen molar-refractivity contribution in [1.82, 2.24) is 14.9 Å². The summed E-state index contributed by atoms with van der Waals surface area (Å²) in [6.07, 6.45) is 7.24. The van der Waals surface area contributed by atoms with Crippen LogP contribution in [0, 0.1) is 0 Å². The minimum Gasteiger partial charge on any atom is -0.497 e. The maximum absolute atomic E-state index is 5.66. The maximum Gasteiger partial charge on any atom is 0.174 e. The van der Waals surface area contributed by atoms with Gasteiger partial charge in [0.2, 0.25) is 0 Å². The van der Waals surface area contributed by atoms with Crippen LogP contribution in [0.15, 0.2) is 73.3 Å². The van der Waals surface area contributed by atoms with Crippen LogP contribution in [0.4, 0.5) is 5.69 Å². The van der Waals surface area contributed by atoms with Gasteiger partial charge in [0.15, 0.2) is 5.11 Å². The number of hydrogen-bond donors (Lipinski definition) is 1. The van der Waals surface area contributed by atoms with E-state index in [9.17, 15) is 0 Å². The summed E-state index contributed by atoms with van der Waals surface area (Å²) in [6.45, 7) is 1.31. The van der Waals surface area contributed by atoms with Crippen LogP contribution >= 0.6 is 12.2 Å². The molecule has 1 aromatic carbocycles. The highest BCUT2D eigenvalue weighted by atomic mass is 32.1. The Hall–Kier alpha value is -2.99. The van der Waals surface area contributed by atoms with Crippen molar-refractivity contribution < 1.29 is 4.74 Å². The Balaban J connectivity index is 1.75. The predicted molar refractivity (Wildman–Crippen MR) is 107 cm³/mol. The number of nitrogens with zero attached hydrogens (tertiary/aromatic N) is 3. The lowest BCUT2D eigenvalue weighted by Crippen LogP contribution is -2.33. The third-order valence-electron chi connectivity index (χ3n) is 3.82. The number of pyridine rings is 2. The van der Waals surface area contributed by atoms with Crippen molar-refractivity contribution in [3.05, 3.63) is 84.4 Å². The number of hydrogen-bond acceptors (Lipinski definition) is 4. The molecule has 0 aliphatic carbocycles. The molecule has 0 saturated carbocycles. The fourth-order valence-corrected chi connectivity index (χ4v) is 2.75. The van der Waals surface area contributed by atoms with Gasteiger partial charge >= 0.3 is 0 Å². The van der Waals surface area contributed by atoms with Gasteiger partial charge in [-0.3, -0.25) is 9.97 Å². The van der Waals surface area contributed by atoms with E-state index in [0.29, 0.717) is 18.2 Å². The second-order valence-corrected chi connectivity index (χ2v) is 6.12. The van der Waals surface area contributed by atoms with Crippen molar-refractivity contribution in [2.75, 3.05) is 12.4 Å². The van der Waals surface area contributed by atoms with Gasteiger partial charge in [-0.2, -0.15) is 0 Å². The topological polar surface area (TPSA) is 50.3 Å². The zero-order chi connectivity index (χ0) is 18.2. The largest absolute Gasteiger partial charge is 0.497 e. The molecule has 0 aliphatic heterocycles. The van der Waals surface area contributed by atoms with Crippen LogP contribution < -0.4 is 10.1 Å². The highest BCUT2D eigenvalue weighted by Gasteiger charge is 2.12. The number of rotatable bonds is 6. The van der Waals surface area contributed by atoms with Gasteiger partial charge < -0.3 is 15.0 Å². The average molecular weight is 364 g/mol. The summed E-state index contributed by atoms with van der Waals surface area (Å²) in [6, 6.07) is 15.6. The summed E-state index contributed by atoms with van der Waals surface area (Å²) in [5.41, 5.74) is 3.10. The molecular weight excluding hydrogens is 344 g/mol. The van der Waals surface area contributed by atoms with Gasteiger partial charge in [-0.15, -0.1) is 0 Å². The lowest BCUT2D eigenvalue weighted by Gasteiger charge is -2.26. The van der Waals surface area contributed by atoms with Crippen molar-refractivity contribution in [3.8, 4) is 5.75 Å². The minimum atomic E-state index is 0.642. The second kappa shape index (κ2) is 8.92. The Morgan fingerprint density at radius 1 is 0.962 bits per heavy atom. The van der Waals surface area contributed by atoms with Crippen LogP contribution in [0.5, 0.6) is 5.75 Å². The van der Waals surface area contributed by atoms with Crippen molar-refractivity contribution >= 4 is 23.0 Å². The van der Waals surface area contributed by atoms with Crippen molar-refractivity contribution in [3.63, 3.8) is 0 Å². The first-order chi connectivity index (χ1) is 12.7. The molecule has 0 unspecified atom stereocenters. The van der Waals surface area contributed by atoms with Gasteiger partial charge in [-0.25, -0.2) is 0 Å². The standard InChI is InChI=1S/C20H20N4OS/c1-25-19-8-6-18(7-9-19)23-20(26)24(14-16-4-2-10-21-12-16)15-17-5-3-11-22-13-17/h2-13H,14-15H2,1H3,(H,23,26).